The van der Waals surface area contributed by atoms with Gasteiger partial charge < -0.3 is 20.7 Å². The van der Waals surface area contributed by atoms with E-state index >= 15 is 0 Å². The van der Waals surface area contributed by atoms with Gasteiger partial charge in [-0.25, -0.2) is 9.59 Å². The minimum atomic E-state index is -1.82. The minimum Gasteiger partial charge on any atom is -0.497 e. The van der Waals surface area contributed by atoms with Gasteiger partial charge in [-0.3, -0.25) is 9.69 Å². The molecule has 1 saturated heterocycles. The quantitative estimate of drug-likeness (QED) is 0.683. The van der Waals surface area contributed by atoms with Crippen LogP contribution in [0.25, 0.3) is 0 Å². The summed E-state index contributed by atoms with van der Waals surface area (Å²) in [6, 6.07) is 8.12. The average molecular weight is 338 g/mol. The van der Waals surface area contributed by atoms with E-state index in [0.29, 0.717) is 0 Å². The van der Waals surface area contributed by atoms with Crippen molar-refractivity contribution in [3.8, 4) is 5.75 Å². The van der Waals surface area contributed by atoms with E-state index in [-0.39, 0.29) is 11.8 Å². The van der Waals surface area contributed by atoms with E-state index < -0.39 is 11.9 Å². The van der Waals surface area contributed by atoms with Gasteiger partial charge >= 0.3 is 11.9 Å². The fraction of sp³-hybridized carbons (Fsp3) is 0.438. The Balaban J connectivity index is 0.000000413. The third-order valence-corrected chi connectivity index (χ3v) is 3.74. The monoisotopic (exact) mass is 338 g/mol. The molecule has 1 aliphatic heterocycles. The first-order chi connectivity index (χ1) is 11.3. The number of carboxylic acid groups (broad SMARTS) is 2. The third-order valence-electron chi connectivity index (χ3n) is 3.74. The second-order valence-electron chi connectivity index (χ2n) is 5.41. The van der Waals surface area contributed by atoms with Gasteiger partial charge in [0.1, 0.15) is 5.75 Å². The van der Waals surface area contributed by atoms with Crippen molar-refractivity contribution in [2.45, 2.75) is 19.4 Å². The van der Waals surface area contributed by atoms with Crippen LogP contribution in [0.1, 0.15) is 18.4 Å². The van der Waals surface area contributed by atoms with E-state index in [9.17, 15) is 4.79 Å². The van der Waals surface area contributed by atoms with Crippen LogP contribution < -0.4 is 10.5 Å². The van der Waals surface area contributed by atoms with Crippen molar-refractivity contribution in [1.29, 1.82) is 0 Å². The van der Waals surface area contributed by atoms with Crippen LogP contribution in [0.5, 0.6) is 5.75 Å². The molecule has 2 rings (SSSR count). The lowest BCUT2D eigenvalue weighted by molar-refractivity contribution is -0.159. The van der Waals surface area contributed by atoms with Crippen molar-refractivity contribution in [3.63, 3.8) is 0 Å². The number of benzene rings is 1. The molecular formula is C16H22N2O6. The topological polar surface area (TPSA) is 130 Å². The molecule has 8 nitrogen and oxygen atoms in total. The van der Waals surface area contributed by atoms with Crippen LogP contribution in [0, 0.1) is 5.92 Å². The molecule has 1 heterocycles. The fourth-order valence-corrected chi connectivity index (χ4v) is 2.36. The van der Waals surface area contributed by atoms with Gasteiger partial charge in [-0.15, -0.1) is 0 Å². The number of ether oxygens (including phenoxy) is 1. The van der Waals surface area contributed by atoms with Crippen LogP contribution in [0.4, 0.5) is 0 Å². The largest absolute Gasteiger partial charge is 0.497 e. The van der Waals surface area contributed by atoms with Crippen molar-refractivity contribution in [1.82, 2.24) is 4.90 Å². The van der Waals surface area contributed by atoms with E-state index in [2.05, 4.69) is 17.0 Å². The number of nitrogens with zero attached hydrogens (tertiary/aromatic N) is 1. The van der Waals surface area contributed by atoms with Crippen molar-refractivity contribution < 1.29 is 29.3 Å². The molecule has 0 radical (unpaired) electrons. The summed E-state index contributed by atoms with van der Waals surface area (Å²) in [5, 5.41) is 14.8. The van der Waals surface area contributed by atoms with E-state index in [1.54, 1.807) is 7.11 Å². The molecule has 8 heteroatoms. The van der Waals surface area contributed by atoms with E-state index in [4.69, 9.17) is 30.3 Å². The highest BCUT2D eigenvalue weighted by Gasteiger charge is 2.22. The Morgan fingerprint density at radius 3 is 2.00 bits per heavy atom. The minimum absolute atomic E-state index is 0.0668. The van der Waals surface area contributed by atoms with E-state index in [0.717, 1.165) is 38.2 Å². The Labute approximate surface area is 139 Å². The summed E-state index contributed by atoms with van der Waals surface area (Å²) in [4.78, 5) is 31.6. The maximum Gasteiger partial charge on any atom is 0.414 e. The van der Waals surface area contributed by atoms with Gasteiger partial charge in [0.2, 0.25) is 5.91 Å². The summed E-state index contributed by atoms with van der Waals surface area (Å²) < 4.78 is 5.13. The van der Waals surface area contributed by atoms with E-state index in [1.165, 1.54) is 5.56 Å². The van der Waals surface area contributed by atoms with Crippen molar-refractivity contribution in [2.24, 2.45) is 11.7 Å². The van der Waals surface area contributed by atoms with Crippen molar-refractivity contribution in [3.05, 3.63) is 29.8 Å². The van der Waals surface area contributed by atoms with Crippen LogP contribution in [-0.4, -0.2) is 53.2 Å². The predicted molar refractivity (Wildman–Crippen MR) is 85.5 cm³/mol. The van der Waals surface area contributed by atoms with Gasteiger partial charge in [-0.05, 0) is 43.6 Å². The number of methoxy groups -OCH3 is 1. The molecule has 24 heavy (non-hydrogen) atoms. The second-order valence-corrected chi connectivity index (χ2v) is 5.41. The summed E-state index contributed by atoms with van der Waals surface area (Å²) in [5.74, 6) is -2.85. The van der Waals surface area contributed by atoms with Crippen LogP contribution in [0.3, 0.4) is 0 Å². The molecule has 0 unspecified atom stereocenters. The number of carboxylic acids is 2. The zero-order valence-electron chi connectivity index (χ0n) is 13.5. The highest BCUT2D eigenvalue weighted by Crippen LogP contribution is 2.19. The highest BCUT2D eigenvalue weighted by atomic mass is 16.5. The van der Waals surface area contributed by atoms with Gasteiger partial charge in [0.15, 0.2) is 0 Å². The third kappa shape index (κ3) is 6.66. The molecule has 0 aromatic heterocycles. The Hall–Kier alpha value is -2.61. The number of carbonyl (C=O) groups is 3. The number of nitrogens with two attached hydrogens (primary N) is 1. The van der Waals surface area contributed by atoms with Crippen LogP contribution in [-0.2, 0) is 20.9 Å². The lowest BCUT2D eigenvalue weighted by Gasteiger charge is -2.30. The molecule has 0 atom stereocenters. The van der Waals surface area contributed by atoms with Crippen LogP contribution in [0.2, 0.25) is 0 Å². The Morgan fingerprint density at radius 1 is 1.12 bits per heavy atom. The number of amides is 1. The smallest absolute Gasteiger partial charge is 0.414 e. The van der Waals surface area contributed by atoms with Gasteiger partial charge in [0.05, 0.1) is 7.11 Å². The maximum absolute atomic E-state index is 11.1. The Kier molecular flexibility index (Phi) is 7.70. The lowest BCUT2D eigenvalue weighted by Crippen LogP contribution is -2.38. The molecule has 0 bridgehead atoms. The molecule has 1 amide bonds. The summed E-state index contributed by atoms with van der Waals surface area (Å²) in [5.41, 5.74) is 6.60. The number of likely N-dealkylation sites (tertiary alicyclic amines) is 1. The maximum atomic E-state index is 11.1. The average Bonchev–Trinajstić information content (AvgIpc) is 2.56. The summed E-state index contributed by atoms with van der Waals surface area (Å²) in [6.07, 6.45) is 1.76. The van der Waals surface area contributed by atoms with Gasteiger partial charge in [-0.2, -0.15) is 0 Å². The number of rotatable bonds is 4. The molecular weight excluding hydrogens is 316 g/mol. The summed E-state index contributed by atoms with van der Waals surface area (Å²) in [7, 11) is 1.67. The lowest BCUT2D eigenvalue weighted by atomic mass is 9.96. The van der Waals surface area contributed by atoms with E-state index in [1.807, 2.05) is 12.1 Å². The van der Waals surface area contributed by atoms with Crippen molar-refractivity contribution >= 4 is 17.8 Å². The second kappa shape index (κ2) is 9.51. The standard InChI is InChI=1S/C14H20N2O2.C2H2O4/c1-18-13-4-2-11(3-5-13)10-16-8-6-12(7-9-16)14(15)17;3-1(4)2(5)6/h2-5,12H,6-10H2,1H3,(H2,15,17);(H,3,4)(H,5,6). The van der Waals surface area contributed by atoms with Gasteiger partial charge in [0, 0.05) is 12.5 Å². The molecule has 0 spiro atoms. The predicted octanol–water partition coefficient (Wildman–Crippen LogP) is 0.548. The number of hydrogen-bond donors (Lipinski definition) is 3. The molecule has 1 aromatic rings. The number of aliphatic carboxylic acids is 2. The number of hydrogen-bond acceptors (Lipinski definition) is 5. The molecule has 132 valence electrons. The molecule has 4 N–H and O–H groups in total. The molecule has 1 aliphatic rings. The molecule has 1 aromatic carbocycles. The van der Waals surface area contributed by atoms with Gasteiger partial charge in [-0.1, -0.05) is 12.1 Å². The SMILES string of the molecule is COc1ccc(CN2CCC(C(N)=O)CC2)cc1.O=C(O)C(=O)O. The first-order valence-corrected chi connectivity index (χ1v) is 7.44. The van der Waals surface area contributed by atoms with Crippen LogP contribution in [0.15, 0.2) is 24.3 Å². The highest BCUT2D eigenvalue weighted by molar-refractivity contribution is 6.27. The first-order valence-electron chi connectivity index (χ1n) is 7.44. The van der Waals surface area contributed by atoms with Gasteiger partial charge in [0.25, 0.3) is 0 Å². The fourth-order valence-electron chi connectivity index (χ4n) is 2.36. The number of piperidine rings is 1. The number of primary amides is 1. The van der Waals surface area contributed by atoms with Crippen molar-refractivity contribution in [2.75, 3.05) is 20.2 Å². The first kappa shape index (κ1) is 19.4. The normalized spacial score (nSPS) is 15.0. The Bertz CT molecular complexity index is 552. The summed E-state index contributed by atoms with van der Waals surface area (Å²) in [6.45, 7) is 2.81. The van der Waals surface area contributed by atoms with Crippen LogP contribution >= 0.6 is 0 Å². The molecule has 1 fully saturated rings. The zero-order valence-corrected chi connectivity index (χ0v) is 13.5. The molecule has 0 aliphatic carbocycles. The Morgan fingerprint density at radius 2 is 1.62 bits per heavy atom. The zero-order chi connectivity index (χ0) is 18.1. The number of carbonyl (C=O) groups excluding carboxylic acids is 1. The summed E-state index contributed by atoms with van der Waals surface area (Å²) >= 11 is 0. The molecule has 0 saturated carbocycles.